The number of hydrogen-bond donors (Lipinski definition) is 3. The van der Waals surface area contributed by atoms with Crippen molar-refractivity contribution in [1.29, 1.82) is 0 Å². The van der Waals surface area contributed by atoms with Gasteiger partial charge in [-0.2, -0.15) is 4.31 Å². The van der Waals surface area contributed by atoms with Crippen LogP contribution in [0.2, 0.25) is 10.0 Å². The summed E-state index contributed by atoms with van der Waals surface area (Å²) < 4.78 is 33.7. The van der Waals surface area contributed by atoms with Crippen LogP contribution in [0.4, 0.5) is 0 Å². The number of benzene rings is 1. The second-order valence-corrected chi connectivity index (χ2v) is 11.5. The van der Waals surface area contributed by atoms with Crippen LogP contribution in [-0.4, -0.2) is 62.9 Å². The van der Waals surface area contributed by atoms with E-state index < -0.39 is 21.8 Å². The maximum atomic E-state index is 13.2. The van der Waals surface area contributed by atoms with Crippen LogP contribution in [0.25, 0.3) is 0 Å². The number of amides is 2. The highest BCUT2D eigenvalue weighted by molar-refractivity contribution is 7.89. The Morgan fingerprint density at radius 2 is 1.79 bits per heavy atom. The van der Waals surface area contributed by atoms with Gasteiger partial charge in [0.2, 0.25) is 21.8 Å². The van der Waals surface area contributed by atoms with E-state index in [1.54, 1.807) is 6.92 Å². The van der Waals surface area contributed by atoms with Crippen molar-refractivity contribution in [1.82, 2.24) is 14.9 Å². The number of nitrogens with one attached hydrogen (secondary N) is 2. The molecular weight excluding hydrogens is 503 g/mol. The molecule has 1 atom stereocenters. The maximum absolute atomic E-state index is 13.2. The van der Waals surface area contributed by atoms with Gasteiger partial charge in [0, 0.05) is 25.0 Å². The average molecular weight is 534 g/mol. The van der Waals surface area contributed by atoms with Crippen LogP contribution in [-0.2, 0) is 19.6 Å². The number of sulfonamides is 1. The number of halogens is 2. The van der Waals surface area contributed by atoms with Crippen LogP contribution in [0.15, 0.2) is 17.0 Å². The van der Waals surface area contributed by atoms with Crippen molar-refractivity contribution in [2.75, 3.05) is 26.2 Å². The highest BCUT2D eigenvalue weighted by Crippen LogP contribution is 2.38. The van der Waals surface area contributed by atoms with E-state index in [1.807, 2.05) is 0 Å². The molecule has 2 aliphatic heterocycles. The van der Waals surface area contributed by atoms with Gasteiger partial charge in [0.1, 0.15) is 6.10 Å². The molecule has 0 unspecified atom stereocenters. The molecule has 12 heteroatoms. The summed E-state index contributed by atoms with van der Waals surface area (Å²) in [5.74, 6) is -0.878. The Kier molecular flexibility index (Phi) is 9.45. The second-order valence-electron chi connectivity index (χ2n) is 8.71. The quantitative estimate of drug-likeness (QED) is 0.445. The number of hydrogen-bond acceptors (Lipinski definition) is 6. The summed E-state index contributed by atoms with van der Waals surface area (Å²) in [6, 6.07) is 2.59. The summed E-state index contributed by atoms with van der Waals surface area (Å²) in [5.41, 5.74) is 5.20. The first kappa shape index (κ1) is 27.0. The molecule has 189 valence electrons. The van der Waals surface area contributed by atoms with Gasteiger partial charge in [-0.1, -0.05) is 30.1 Å². The first-order chi connectivity index (χ1) is 16.1. The van der Waals surface area contributed by atoms with Gasteiger partial charge in [0.05, 0.1) is 21.4 Å². The summed E-state index contributed by atoms with van der Waals surface area (Å²) in [5, 5.41) is 6.43. The minimum absolute atomic E-state index is 0.0106. The molecule has 0 saturated carbocycles. The molecule has 2 heterocycles. The number of rotatable bonds is 9. The lowest BCUT2D eigenvalue weighted by atomic mass is 10.0. The Morgan fingerprint density at radius 1 is 1.21 bits per heavy atom. The molecule has 0 aromatic heterocycles. The van der Waals surface area contributed by atoms with E-state index in [4.69, 9.17) is 33.7 Å². The van der Waals surface area contributed by atoms with Crippen molar-refractivity contribution in [3.8, 4) is 5.75 Å². The van der Waals surface area contributed by atoms with Crippen molar-refractivity contribution >= 4 is 45.0 Å². The maximum Gasteiger partial charge on any atom is 0.243 e. The van der Waals surface area contributed by atoms with E-state index in [1.165, 1.54) is 22.9 Å². The lowest BCUT2D eigenvalue weighted by molar-refractivity contribution is -0.121. The molecule has 34 heavy (non-hydrogen) atoms. The van der Waals surface area contributed by atoms with Crippen LogP contribution in [0.3, 0.4) is 0 Å². The SMILES string of the molecule is C[C@@H](C[CH]C(=O)NC1CCN(S(=O)(=O)c2cc(Cl)c(OC3CCNCC3)c(Cl)c2)CC1)C(N)=O. The van der Waals surface area contributed by atoms with E-state index in [0.717, 1.165) is 25.9 Å². The Bertz CT molecular complexity index is 970. The molecule has 3 rings (SSSR count). The predicted molar refractivity (Wildman–Crippen MR) is 130 cm³/mol. The van der Waals surface area contributed by atoms with Crippen LogP contribution >= 0.6 is 23.2 Å². The highest BCUT2D eigenvalue weighted by Gasteiger charge is 2.31. The second kappa shape index (κ2) is 11.9. The highest BCUT2D eigenvalue weighted by atomic mass is 35.5. The summed E-state index contributed by atoms with van der Waals surface area (Å²) in [6.07, 6.45) is 4.19. The van der Waals surface area contributed by atoms with Gasteiger partial charge in [0.15, 0.2) is 5.75 Å². The lowest BCUT2D eigenvalue weighted by Gasteiger charge is -2.32. The number of nitrogens with two attached hydrogens (primary N) is 1. The first-order valence-corrected chi connectivity index (χ1v) is 13.6. The molecular formula is C22H31Cl2N4O5S. The molecule has 1 radical (unpaired) electrons. The van der Waals surface area contributed by atoms with Crippen molar-refractivity contribution in [3.05, 3.63) is 28.6 Å². The predicted octanol–water partition coefficient (Wildman–Crippen LogP) is 2.11. The molecule has 0 aliphatic carbocycles. The zero-order valence-corrected chi connectivity index (χ0v) is 21.4. The number of piperidine rings is 2. The fourth-order valence-corrected chi connectivity index (χ4v) is 6.16. The normalized spacial score (nSPS) is 19.5. The van der Waals surface area contributed by atoms with Crippen LogP contribution in [0.5, 0.6) is 5.75 Å². The number of nitrogens with zero attached hydrogens (tertiary/aromatic N) is 1. The van der Waals surface area contributed by atoms with Crippen LogP contribution < -0.4 is 21.1 Å². The van der Waals surface area contributed by atoms with Crippen molar-refractivity contribution in [2.45, 2.75) is 56.1 Å². The van der Waals surface area contributed by atoms with E-state index in [9.17, 15) is 18.0 Å². The number of carbonyl (C=O) groups is 2. The van der Waals surface area contributed by atoms with Crippen molar-refractivity contribution in [3.63, 3.8) is 0 Å². The summed E-state index contributed by atoms with van der Waals surface area (Å²) in [6.45, 7) is 3.82. The third-order valence-electron chi connectivity index (χ3n) is 6.12. The zero-order chi connectivity index (χ0) is 24.9. The topological polar surface area (TPSA) is 131 Å². The molecule has 1 aromatic rings. The molecule has 0 bridgehead atoms. The number of primary amides is 1. The molecule has 2 amide bonds. The summed E-state index contributed by atoms with van der Waals surface area (Å²) in [7, 11) is -3.81. The van der Waals surface area contributed by atoms with Gasteiger partial charge in [-0.3, -0.25) is 9.59 Å². The van der Waals surface area contributed by atoms with E-state index in [2.05, 4.69) is 10.6 Å². The fourth-order valence-electron chi connectivity index (χ4n) is 3.93. The molecule has 1 aromatic carbocycles. The summed E-state index contributed by atoms with van der Waals surface area (Å²) in [4.78, 5) is 23.2. The Balaban J connectivity index is 1.57. The Morgan fingerprint density at radius 3 is 2.35 bits per heavy atom. The smallest absolute Gasteiger partial charge is 0.243 e. The molecule has 2 fully saturated rings. The molecule has 0 spiro atoms. The van der Waals surface area contributed by atoms with E-state index in [0.29, 0.717) is 18.6 Å². The van der Waals surface area contributed by atoms with Gasteiger partial charge >= 0.3 is 0 Å². The minimum atomic E-state index is -3.81. The lowest BCUT2D eigenvalue weighted by Crippen LogP contribution is -2.46. The van der Waals surface area contributed by atoms with Crippen LogP contribution in [0.1, 0.15) is 39.0 Å². The van der Waals surface area contributed by atoms with E-state index >= 15 is 0 Å². The monoisotopic (exact) mass is 533 g/mol. The third kappa shape index (κ3) is 6.97. The van der Waals surface area contributed by atoms with Crippen molar-refractivity contribution < 1.29 is 22.7 Å². The number of carbonyl (C=O) groups excluding carboxylic acids is 2. The first-order valence-electron chi connectivity index (χ1n) is 11.4. The molecule has 9 nitrogen and oxygen atoms in total. The van der Waals surface area contributed by atoms with E-state index in [-0.39, 0.29) is 52.5 Å². The van der Waals surface area contributed by atoms with Gasteiger partial charge in [-0.15, -0.1) is 0 Å². The van der Waals surface area contributed by atoms with Crippen LogP contribution in [0, 0.1) is 12.3 Å². The standard InChI is InChI=1S/C22H31Cl2N4O5S/c1-14(22(25)30)2-3-20(29)27-15-6-10-28(11-7-15)34(31,32)17-12-18(23)21(19(24)13-17)33-16-4-8-26-9-5-16/h3,12-16,26H,2,4-11H2,1H3,(H2,25,30)(H,27,29)/t14-/m0/s1. The largest absolute Gasteiger partial charge is 0.487 e. The fraction of sp³-hybridized carbons (Fsp3) is 0.591. The molecule has 2 aliphatic rings. The van der Waals surface area contributed by atoms with Gasteiger partial charge < -0.3 is 21.1 Å². The minimum Gasteiger partial charge on any atom is -0.487 e. The summed E-state index contributed by atoms with van der Waals surface area (Å²) >= 11 is 12.7. The van der Waals surface area contributed by atoms with Gasteiger partial charge in [-0.25, -0.2) is 8.42 Å². The molecule has 2 saturated heterocycles. The average Bonchev–Trinajstić information content (AvgIpc) is 2.80. The number of ether oxygens (including phenoxy) is 1. The zero-order valence-electron chi connectivity index (χ0n) is 19.1. The molecule has 4 N–H and O–H groups in total. The Hall–Kier alpha value is -1.59. The van der Waals surface area contributed by atoms with Gasteiger partial charge in [-0.05, 0) is 57.3 Å². The Labute approximate surface area is 210 Å². The van der Waals surface area contributed by atoms with Crippen molar-refractivity contribution in [2.24, 2.45) is 11.7 Å². The van der Waals surface area contributed by atoms with Gasteiger partial charge in [0.25, 0.3) is 0 Å². The third-order valence-corrected chi connectivity index (χ3v) is 8.56.